The summed E-state index contributed by atoms with van der Waals surface area (Å²) in [5.41, 5.74) is 3.41. The van der Waals surface area contributed by atoms with Crippen LogP contribution in [0.25, 0.3) is 0 Å². The van der Waals surface area contributed by atoms with E-state index in [0.29, 0.717) is 6.54 Å². The molecule has 0 saturated carbocycles. The van der Waals surface area contributed by atoms with Crippen molar-refractivity contribution >= 4 is 22.9 Å². The molecule has 30 heavy (non-hydrogen) atoms. The second kappa shape index (κ2) is 10.0. The predicted octanol–water partition coefficient (Wildman–Crippen LogP) is 4.94. The van der Waals surface area contributed by atoms with Crippen molar-refractivity contribution in [3.63, 3.8) is 0 Å². The monoisotopic (exact) mass is 419 g/mol. The number of aryl methyl sites for hydroxylation is 1. The highest BCUT2D eigenvalue weighted by Crippen LogP contribution is 2.25. The van der Waals surface area contributed by atoms with E-state index in [4.69, 9.17) is 0 Å². The van der Waals surface area contributed by atoms with E-state index in [1.54, 1.807) is 11.3 Å². The van der Waals surface area contributed by atoms with E-state index in [1.165, 1.54) is 5.56 Å². The molecular weight excluding hydrogens is 390 g/mol. The average molecular weight is 420 g/mol. The number of benzene rings is 2. The summed E-state index contributed by atoms with van der Waals surface area (Å²) in [6, 6.07) is 20.5. The lowest BCUT2D eigenvalue weighted by atomic mass is 9.94. The second-order valence-corrected chi connectivity index (χ2v) is 9.03. The van der Waals surface area contributed by atoms with Crippen LogP contribution in [0.3, 0.4) is 0 Å². The number of carbonyl (C=O) groups is 1. The molecular formula is C25H29N3OS. The maximum atomic E-state index is 13.5. The van der Waals surface area contributed by atoms with Crippen molar-refractivity contribution in [3.8, 4) is 0 Å². The van der Waals surface area contributed by atoms with Crippen molar-refractivity contribution in [2.45, 2.75) is 32.7 Å². The number of para-hydroxylation sites is 1. The third-order valence-electron chi connectivity index (χ3n) is 5.79. The van der Waals surface area contributed by atoms with E-state index in [-0.39, 0.29) is 11.8 Å². The molecule has 5 heteroatoms. The molecule has 0 bridgehead atoms. The SMILES string of the molecule is Cc1nc(CN2CCC(C(=O)N(CCc3ccccc3)c3ccccc3)CC2)cs1. The lowest BCUT2D eigenvalue weighted by molar-refractivity contribution is -0.123. The van der Waals surface area contributed by atoms with Crippen molar-refractivity contribution < 1.29 is 4.79 Å². The molecule has 1 aliphatic rings. The maximum Gasteiger partial charge on any atom is 0.230 e. The molecule has 0 aliphatic carbocycles. The standard InChI is InChI=1S/C25H29N3OS/c1-20-26-23(19-30-20)18-27-15-13-22(14-16-27)25(29)28(24-10-6-3-7-11-24)17-12-21-8-4-2-5-9-21/h2-11,19,22H,12-18H2,1H3. The fourth-order valence-corrected chi connectivity index (χ4v) is 4.73. The van der Waals surface area contributed by atoms with Gasteiger partial charge < -0.3 is 4.90 Å². The number of piperidine rings is 1. The number of anilines is 1. The van der Waals surface area contributed by atoms with Crippen molar-refractivity contribution in [1.29, 1.82) is 0 Å². The number of hydrogen-bond acceptors (Lipinski definition) is 4. The minimum Gasteiger partial charge on any atom is -0.312 e. The van der Waals surface area contributed by atoms with Crippen molar-refractivity contribution in [3.05, 3.63) is 82.3 Å². The Balaban J connectivity index is 1.39. The fourth-order valence-electron chi connectivity index (χ4n) is 4.13. The Kier molecular flexibility index (Phi) is 6.92. The van der Waals surface area contributed by atoms with Gasteiger partial charge in [0.1, 0.15) is 0 Å². The highest BCUT2D eigenvalue weighted by molar-refractivity contribution is 7.09. The van der Waals surface area contributed by atoms with E-state index in [0.717, 1.165) is 55.3 Å². The Morgan fingerprint density at radius 1 is 1.07 bits per heavy atom. The van der Waals surface area contributed by atoms with Gasteiger partial charge in [-0.2, -0.15) is 0 Å². The second-order valence-electron chi connectivity index (χ2n) is 7.97. The lowest BCUT2D eigenvalue weighted by Crippen LogP contribution is -2.43. The van der Waals surface area contributed by atoms with Gasteiger partial charge in [-0.15, -0.1) is 11.3 Å². The summed E-state index contributed by atoms with van der Waals surface area (Å²) < 4.78 is 0. The van der Waals surface area contributed by atoms with E-state index < -0.39 is 0 Å². The average Bonchev–Trinajstić information content (AvgIpc) is 3.20. The molecule has 0 N–H and O–H groups in total. The summed E-state index contributed by atoms with van der Waals surface area (Å²) in [4.78, 5) is 22.5. The van der Waals surface area contributed by atoms with Gasteiger partial charge in [0, 0.05) is 30.1 Å². The van der Waals surface area contributed by atoms with Gasteiger partial charge in [-0.1, -0.05) is 48.5 Å². The first-order valence-corrected chi connectivity index (χ1v) is 11.6. The molecule has 1 aromatic heterocycles. The zero-order valence-electron chi connectivity index (χ0n) is 17.5. The van der Waals surface area contributed by atoms with E-state index in [2.05, 4.69) is 39.5 Å². The minimum atomic E-state index is 0.0920. The topological polar surface area (TPSA) is 36.4 Å². The Hall–Kier alpha value is -2.50. The van der Waals surface area contributed by atoms with Gasteiger partial charge in [0.15, 0.2) is 0 Å². The molecule has 1 saturated heterocycles. The van der Waals surface area contributed by atoms with Crippen LogP contribution in [0.2, 0.25) is 0 Å². The molecule has 1 amide bonds. The van der Waals surface area contributed by atoms with E-state index in [9.17, 15) is 4.79 Å². The van der Waals surface area contributed by atoms with Crippen LogP contribution in [-0.4, -0.2) is 35.4 Å². The molecule has 4 rings (SSSR count). The Morgan fingerprint density at radius 3 is 2.37 bits per heavy atom. The van der Waals surface area contributed by atoms with Crippen LogP contribution in [0.1, 0.15) is 29.1 Å². The molecule has 0 unspecified atom stereocenters. The number of rotatable bonds is 7. The third kappa shape index (κ3) is 5.35. The van der Waals surface area contributed by atoms with Gasteiger partial charge in [0.2, 0.25) is 5.91 Å². The van der Waals surface area contributed by atoms with Gasteiger partial charge in [0.25, 0.3) is 0 Å². The predicted molar refractivity (Wildman–Crippen MR) is 124 cm³/mol. The Labute approximate surface area is 183 Å². The summed E-state index contributed by atoms with van der Waals surface area (Å²) in [5, 5.41) is 3.26. The molecule has 1 fully saturated rings. The number of nitrogens with zero attached hydrogens (tertiary/aromatic N) is 3. The first kappa shape index (κ1) is 20.8. The van der Waals surface area contributed by atoms with Crippen molar-refractivity contribution in [2.24, 2.45) is 5.92 Å². The maximum absolute atomic E-state index is 13.5. The van der Waals surface area contributed by atoms with Gasteiger partial charge in [-0.3, -0.25) is 9.69 Å². The van der Waals surface area contributed by atoms with Crippen LogP contribution >= 0.6 is 11.3 Å². The van der Waals surface area contributed by atoms with Gasteiger partial charge >= 0.3 is 0 Å². The highest BCUT2D eigenvalue weighted by Gasteiger charge is 2.29. The van der Waals surface area contributed by atoms with Crippen LogP contribution in [-0.2, 0) is 17.8 Å². The minimum absolute atomic E-state index is 0.0920. The van der Waals surface area contributed by atoms with Crippen LogP contribution in [0.15, 0.2) is 66.0 Å². The number of aromatic nitrogens is 1. The van der Waals surface area contributed by atoms with Gasteiger partial charge in [-0.25, -0.2) is 4.98 Å². The smallest absolute Gasteiger partial charge is 0.230 e. The van der Waals surface area contributed by atoms with Gasteiger partial charge in [0.05, 0.1) is 10.7 Å². The van der Waals surface area contributed by atoms with E-state index in [1.807, 2.05) is 48.2 Å². The molecule has 2 aromatic carbocycles. The summed E-state index contributed by atoms with van der Waals surface area (Å²) >= 11 is 1.70. The number of amides is 1. The molecule has 0 atom stereocenters. The highest BCUT2D eigenvalue weighted by atomic mass is 32.1. The molecule has 3 aromatic rings. The fraction of sp³-hybridized carbons (Fsp3) is 0.360. The Morgan fingerprint density at radius 2 is 1.73 bits per heavy atom. The molecule has 0 radical (unpaired) electrons. The lowest BCUT2D eigenvalue weighted by Gasteiger charge is -2.34. The van der Waals surface area contributed by atoms with Crippen LogP contribution in [0.5, 0.6) is 0 Å². The zero-order valence-corrected chi connectivity index (χ0v) is 18.4. The molecule has 156 valence electrons. The summed E-state index contributed by atoms with van der Waals surface area (Å²) in [6.45, 7) is 5.56. The summed E-state index contributed by atoms with van der Waals surface area (Å²) in [6.07, 6.45) is 2.69. The Bertz CT molecular complexity index is 933. The van der Waals surface area contributed by atoms with E-state index >= 15 is 0 Å². The normalized spacial score (nSPS) is 15.2. The molecule has 1 aliphatic heterocycles. The largest absolute Gasteiger partial charge is 0.312 e. The van der Waals surface area contributed by atoms with Crippen LogP contribution in [0, 0.1) is 12.8 Å². The summed E-state index contributed by atoms with van der Waals surface area (Å²) in [7, 11) is 0. The van der Waals surface area contributed by atoms with Crippen molar-refractivity contribution in [1.82, 2.24) is 9.88 Å². The van der Waals surface area contributed by atoms with Crippen molar-refractivity contribution in [2.75, 3.05) is 24.5 Å². The zero-order chi connectivity index (χ0) is 20.8. The number of carbonyl (C=O) groups excluding carboxylic acids is 1. The molecule has 0 spiro atoms. The summed E-state index contributed by atoms with van der Waals surface area (Å²) in [5.74, 6) is 0.357. The first-order valence-electron chi connectivity index (χ1n) is 10.7. The van der Waals surface area contributed by atoms with Crippen LogP contribution < -0.4 is 4.90 Å². The van der Waals surface area contributed by atoms with Gasteiger partial charge in [-0.05, 0) is 57.0 Å². The quantitative estimate of drug-likeness (QED) is 0.544. The number of likely N-dealkylation sites (tertiary alicyclic amines) is 1. The number of hydrogen-bond donors (Lipinski definition) is 0. The first-order chi connectivity index (χ1) is 14.7. The molecule has 2 heterocycles. The number of thiazole rings is 1. The van der Waals surface area contributed by atoms with Crippen LogP contribution in [0.4, 0.5) is 5.69 Å². The molecule has 4 nitrogen and oxygen atoms in total. The third-order valence-corrected chi connectivity index (χ3v) is 6.61.